The van der Waals surface area contributed by atoms with Crippen LogP contribution in [0, 0.1) is 10.1 Å². The maximum Gasteiger partial charge on any atom is 0.330 e. The SMILES string of the molecule is CC(=O)N1N=C(c2c(O)n(C)c(=O)[nH]c2=O)C[C@H]1c1cccc([N+](=O)[O-])c1. The van der Waals surface area contributed by atoms with Gasteiger partial charge in [-0.15, -0.1) is 0 Å². The molecular formula is C16H15N5O6. The van der Waals surface area contributed by atoms with Crippen molar-refractivity contribution in [3.05, 3.63) is 66.3 Å². The third-order valence-electron chi connectivity index (χ3n) is 4.28. The lowest BCUT2D eigenvalue weighted by atomic mass is 9.99. The maximum absolute atomic E-state index is 12.2. The van der Waals surface area contributed by atoms with Crippen LogP contribution in [0.4, 0.5) is 5.69 Å². The van der Waals surface area contributed by atoms with Gasteiger partial charge in [-0.25, -0.2) is 9.80 Å². The molecule has 11 nitrogen and oxygen atoms in total. The number of amides is 1. The van der Waals surface area contributed by atoms with Crippen molar-refractivity contribution in [3.8, 4) is 5.88 Å². The molecule has 1 atom stereocenters. The van der Waals surface area contributed by atoms with Crippen LogP contribution in [0.15, 0.2) is 39.0 Å². The molecule has 3 rings (SSSR count). The van der Waals surface area contributed by atoms with Crippen molar-refractivity contribution in [3.63, 3.8) is 0 Å². The van der Waals surface area contributed by atoms with E-state index >= 15 is 0 Å². The molecule has 0 spiro atoms. The lowest BCUT2D eigenvalue weighted by molar-refractivity contribution is -0.384. The monoisotopic (exact) mass is 373 g/mol. The van der Waals surface area contributed by atoms with E-state index in [1.54, 1.807) is 6.07 Å². The van der Waals surface area contributed by atoms with Gasteiger partial charge in [0.15, 0.2) is 0 Å². The van der Waals surface area contributed by atoms with Crippen molar-refractivity contribution in [2.24, 2.45) is 12.1 Å². The van der Waals surface area contributed by atoms with Crippen LogP contribution in [0.3, 0.4) is 0 Å². The number of hydrogen-bond donors (Lipinski definition) is 2. The highest BCUT2D eigenvalue weighted by molar-refractivity contribution is 6.04. The van der Waals surface area contributed by atoms with Crippen LogP contribution in [0.25, 0.3) is 0 Å². The molecule has 1 aromatic heterocycles. The summed E-state index contributed by atoms with van der Waals surface area (Å²) in [5.74, 6) is -1.02. The van der Waals surface area contributed by atoms with Gasteiger partial charge >= 0.3 is 5.69 Å². The van der Waals surface area contributed by atoms with Gasteiger partial charge in [-0.3, -0.25) is 29.3 Å². The molecule has 0 saturated carbocycles. The van der Waals surface area contributed by atoms with Gasteiger partial charge in [-0.05, 0) is 5.56 Å². The number of hydrazone groups is 1. The molecule has 0 unspecified atom stereocenters. The molecule has 0 bridgehead atoms. The van der Waals surface area contributed by atoms with Crippen molar-refractivity contribution in [2.75, 3.05) is 0 Å². The molecule has 2 N–H and O–H groups in total. The molecule has 11 heteroatoms. The number of non-ortho nitro benzene ring substituents is 1. The summed E-state index contributed by atoms with van der Waals surface area (Å²) >= 11 is 0. The third-order valence-corrected chi connectivity index (χ3v) is 4.28. The number of nitrogens with zero attached hydrogens (tertiary/aromatic N) is 4. The maximum atomic E-state index is 12.2. The number of nitrogens with one attached hydrogen (secondary N) is 1. The van der Waals surface area contributed by atoms with Gasteiger partial charge in [0.2, 0.25) is 11.8 Å². The zero-order chi connectivity index (χ0) is 19.9. The molecule has 1 aliphatic heterocycles. The Morgan fingerprint density at radius 2 is 2.11 bits per heavy atom. The minimum Gasteiger partial charge on any atom is -0.494 e. The summed E-state index contributed by atoms with van der Waals surface area (Å²) in [5, 5.41) is 26.4. The summed E-state index contributed by atoms with van der Waals surface area (Å²) in [6.07, 6.45) is 0.0373. The molecule has 0 fully saturated rings. The van der Waals surface area contributed by atoms with Crippen molar-refractivity contribution in [2.45, 2.75) is 19.4 Å². The van der Waals surface area contributed by atoms with E-state index in [0.717, 1.165) is 9.58 Å². The van der Waals surface area contributed by atoms with Crippen LogP contribution in [-0.2, 0) is 11.8 Å². The standard InChI is InChI=1S/C16H15N5O6/c1-8(22)20-12(9-4-3-5-10(6-9)21(26)27)7-11(18-20)13-14(23)17-16(25)19(2)15(13)24/h3-6,12,24H,7H2,1-2H3,(H,17,23,25)/t12-/m0/s1. The van der Waals surface area contributed by atoms with Gasteiger partial charge in [-0.1, -0.05) is 12.1 Å². The molecule has 0 saturated heterocycles. The molecular weight excluding hydrogens is 358 g/mol. The van der Waals surface area contributed by atoms with Gasteiger partial charge in [0.25, 0.3) is 11.2 Å². The first kappa shape index (κ1) is 18.0. The van der Waals surface area contributed by atoms with E-state index in [9.17, 15) is 29.6 Å². The molecule has 27 heavy (non-hydrogen) atoms. The lowest BCUT2D eigenvalue weighted by Crippen LogP contribution is -2.32. The smallest absolute Gasteiger partial charge is 0.330 e. The molecule has 1 amide bonds. The quantitative estimate of drug-likeness (QED) is 0.586. The van der Waals surface area contributed by atoms with Crippen LogP contribution in [0.2, 0.25) is 0 Å². The number of aromatic hydroxyl groups is 1. The highest BCUT2D eigenvalue weighted by Gasteiger charge is 2.34. The van der Waals surface area contributed by atoms with E-state index in [1.165, 1.54) is 32.2 Å². The number of carbonyl (C=O) groups is 1. The largest absolute Gasteiger partial charge is 0.494 e. The minimum absolute atomic E-state index is 0.0373. The van der Waals surface area contributed by atoms with Crippen molar-refractivity contribution >= 4 is 17.3 Å². The van der Waals surface area contributed by atoms with Crippen LogP contribution < -0.4 is 11.2 Å². The molecule has 2 aromatic rings. The number of aromatic nitrogens is 2. The highest BCUT2D eigenvalue weighted by atomic mass is 16.6. The first-order chi connectivity index (χ1) is 12.7. The van der Waals surface area contributed by atoms with Gasteiger partial charge in [0.05, 0.1) is 16.7 Å². The van der Waals surface area contributed by atoms with E-state index in [0.29, 0.717) is 5.56 Å². The van der Waals surface area contributed by atoms with Crippen LogP contribution >= 0.6 is 0 Å². The van der Waals surface area contributed by atoms with E-state index in [1.807, 2.05) is 0 Å². The Balaban J connectivity index is 2.09. The van der Waals surface area contributed by atoms with E-state index < -0.39 is 34.0 Å². The fourth-order valence-corrected chi connectivity index (χ4v) is 2.93. The first-order valence-corrected chi connectivity index (χ1v) is 7.85. The third kappa shape index (κ3) is 3.10. The summed E-state index contributed by atoms with van der Waals surface area (Å²) in [6.45, 7) is 1.27. The molecule has 140 valence electrons. The molecule has 0 aliphatic carbocycles. The van der Waals surface area contributed by atoms with Gasteiger partial charge in [-0.2, -0.15) is 5.10 Å². The summed E-state index contributed by atoms with van der Waals surface area (Å²) in [5.41, 5.74) is -1.45. The number of carbonyl (C=O) groups excluding carboxylic acids is 1. The fourth-order valence-electron chi connectivity index (χ4n) is 2.93. The number of benzene rings is 1. The second-order valence-corrected chi connectivity index (χ2v) is 6.00. The fraction of sp³-hybridized carbons (Fsp3) is 0.250. The average Bonchev–Trinajstić information content (AvgIpc) is 3.05. The van der Waals surface area contributed by atoms with Crippen LogP contribution in [-0.4, -0.2) is 36.2 Å². The summed E-state index contributed by atoms with van der Waals surface area (Å²) < 4.78 is 0.845. The second-order valence-electron chi connectivity index (χ2n) is 6.00. The molecule has 0 radical (unpaired) electrons. The number of nitro groups is 1. The number of nitro benzene ring substituents is 1. The molecule has 1 aliphatic rings. The molecule has 1 aromatic carbocycles. The first-order valence-electron chi connectivity index (χ1n) is 7.85. The van der Waals surface area contributed by atoms with Gasteiger partial charge in [0, 0.05) is 32.5 Å². The summed E-state index contributed by atoms with van der Waals surface area (Å²) in [7, 11) is 1.27. The Bertz CT molecular complexity index is 1100. The van der Waals surface area contributed by atoms with Crippen molar-refractivity contribution < 1.29 is 14.8 Å². The second kappa shape index (κ2) is 6.52. The Labute approximate surface area is 151 Å². The topological polar surface area (TPSA) is 151 Å². The number of rotatable bonds is 3. The van der Waals surface area contributed by atoms with E-state index in [4.69, 9.17) is 0 Å². The van der Waals surface area contributed by atoms with Crippen LogP contribution in [0.5, 0.6) is 5.88 Å². The Kier molecular flexibility index (Phi) is 4.35. The molecule has 2 heterocycles. The zero-order valence-electron chi connectivity index (χ0n) is 14.4. The predicted octanol–water partition coefficient (Wildman–Crippen LogP) is 0.385. The van der Waals surface area contributed by atoms with E-state index in [-0.39, 0.29) is 23.4 Å². The summed E-state index contributed by atoms with van der Waals surface area (Å²) in [6, 6.07) is 5.05. The summed E-state index contributed by atoms with van der Waals surface area (Å²) in [4.78, 5) is 48.3. The number of aromatic amines is 1. The van der Waals surface area contributed by atoms with Gasteiger partial charge in [0.1, 0.15) is 5.56 Å². The van der Waals surface area contributed by atoms with Gasteiger partial charge < -0.3 is 5.11 Å². The lowest BCUT2D eigenvalue weighted by Gasteiger charge is -2.20. The van der Waals surface area contributed by atoms with E-state index in [2.05, 4.69) is 10.1 Å². The Morgan fingerprint density at radius 3 is 2.74 bits per heavy atom. The minimum atomic E-state index is -0.836. The average molecular weight is 373 g/mol. The normalized spacial score (nSPS) is 16.3. The zero-order valence-corrected chi connectivity index (χ0v) is 14.4. The Hall–Kier alpha value is -3.76. The van der Waals surface area contributed by atoms with Crippen LogP contribution in [0.1, 0.15) is 30.5 Å². The van der Waals surface area contributed by atoms with Crippen molar-refractivity contribution in [1.29, 1.82) is 0 Å². The van der Waals surface area contributed by atoms with Crippen molar-refractivity contribution in [1.82, 2.24) is 14.6 Å². The number of hydrogen-bond acceptors (Lipinski definition) is 7. The Morgan fingerprint density at radius 1 is 1.41 bits per heavy atom. The number of H-pyrrole nitrogens is 1. The highest BCUT2D eigenvalue weighted by Crippen LogP contribution is 2.34. The predicted molar refractivity (Wildman–Crippen MR) is 93.5 cm³/mol.